The molecule has 1 aromatic heterocycles. The Morgan fingerprint density at radius 3 is 2.52 bits per heavy atom. The zero-order valence-electron chi connectivity index (χ0n) is 22.5. The van der Waals surface area contributed by atoms with Crippen molar-refractivity contribution in [2.24, 2.45) is 0 Å². The first-order valence-electron chi connectivity index (χ1n) is 13.3. The SMILES string of the molecule is Cc1cc(C)c(CN2CCc3c(Cl)cc(OC4CCN(C(=O)O)CC4)c(Cl)c3C2=O)c(OCc2ccccc2)n1. The summed E-state index contributed by atoms with van der Waals surface area (Å²) in [4.78, 5) is 32.8. The number of piperidine rings is 1. The number of carbonyl (C=O) groups is 2. The summed E-state index contributed by atoms with van der Waals surface area (Å²) in [5, 5.41) is 9.88. The Morgan fingerprint density at radius 2 is 1.82 bits per heavy atom. The molecule has 0 radical (unpaired) electrons. The van der Waals surface area contributed by atoms with Crippen molar-refractivity contribution in [2.75, 3.05) is 19.6 Å². The number of fused-ring (bicyclic) bond motifs is 1. The van der Waals surface area contributed by atoms with Crippen LogP contribution in [0.4, 0.5) is 4.79 Å². The second kappa shape index (κ2) is 11.9. The predicted octanol–water partition coefficient (Wildman–Crippen LogP) is 6.30. The number of pyridine rings is 1. The minimum atomic E-state index is -0.938. The lowest BCUT2D eigenvalue weighted by atomic mass is 9.97. The molecule has 0 spiro atoms. The van der Waals surface area contributed by atoms with Crippen LogP contribution in [0.15, 0.2) is 42.5 Å². The van der Waals surface area contributed by atoms with Gasteiger partial charge >= 0.3 is 6.09 Å². The van der Waals surface area contributed by atoms with Crippen LogP contribution in [0, 0.1) is 13.8 Å². The fourth-order valence-electron chi connectivity index (χ4n) is 5.25. The van der Waals surface area contributed by atoms with Gasteiger partial charge in [0.05, 0.1) is 17.1 Å². The maximum atomic E-state index is 13.8. The molecule has 3 heterocycles. The molecule has 0 aliphatic carbocycles. The maximum Gasteiger partial charge on any atom is 0.407 e. The minimum absolute atomic E-state index is 0.220. The molecule has 1 saturated heterocycles. The highest BCUT2D eigenvalue weighted by molar-refractivity contribution is 6.38. The number of benzene rings is 2. The molecule has 10 heteroatoms. The Bertz CT molecular complexity index is 1420. The van der Waals surface area contributed by atoms with E-state index in [9.17, 15) is 14.7 Å². The first-order chi connectivity index (χ1) is 19.2. The lowest BCUT2D eigenvalue weighted by Gasteiger charge is -2.33. The summed E-state index contributed by atoms with van der Waals surface area (Å²) in [5.41, 5.74) is 4.76. The van der Waals surface area contributed by atoms with E-state index >= 15 is 0 Å². The minimum Gasteiger partial charge on any atom is -0.489 e. The molecule has 2 amide bonds. The fraction of sp³-hybridized carbons (Fsp3) is 0.367. The van der Waals surface area contributed by atoms with Crippen LogP contribution in [0.2, 0.25) is 10.0 Å². The Labute approximate surface area is 243 Å². The highest BCUT2D eigenvalue weighted by atomic mass is 35.5. The van der Waals surface area contributed by atoms with Crippen molar-refractivity contribution in [1.29, 1.82) is 0 Å². The molecule has 210 valence electrons. The number of carboxylic acid groups (broad SMARTS) is 1. The fourth-order valence-corrected chi connectivity index (χ4v) is 5.84. The van der Waals surface area contributed by atoms with Gasteiger partial charge in [-0.2, -0.15) is 0 Å². The first kappa shape index (κ1) is 28.1. The average molecular weight is 585 g/mol. The summed E-state index contributed by atoms with van der Waals surface area (Å²) in [6.45, 7) is 5.82. The van der Waals surface area contributed by atoms with Crippen LogP contribution < -0.4 is 9.47 Å². The molecular weight excluding hydrogens is 553 g/mol. The summed E-state index contributed by atoms with van der Waals surface area (Å²) >= 11 is 13.4. The number of nitrogens with zero attached hydrogens (tertiary/aromatic N) is 3. The van der Waals surface area contributed by atoms with Gasteiger partial charge in [0.15, 0.2) is 0 Å². The highest BCUT2D eigenvalue weighted by Gasteiger charge is 2.33. The molecular formula is C30H31Cl2N3O5. The van der Waals surface area contributed by atoms with Crippen molar-refractivity contribution in [2.45, 2.75) is 52.4 Å². The largest absolute Gasteiger partial charge is 0.489 e. The van der Waals surface area contributed by atoms with Crippen molar-refractivity contribution in [3.63, 3.8) is 0 Å². The van der Waals surface area contributed by atoms with E-state index in [0.717, 1.165) is 22.4 Å². The average Bonchev–Trinajstić information content (AvgIpc) is 2.93. The maximum absolute atomic E-state index is 13.8. The normalized spacial score (nSPS) is 15.7. The molecule has 0 bridgehead atoms. The molecule has 5 rings (SSSR count). The molecule has 8 nitrogen and oxygen atoms in total. The number of hydrogen-bond acceptors (Lipinski definition) is 5. The van der Waals surface area contributed by atoms with Crippen molar-refractivity contribution in [3.05, 3.63) is 86.0 Å². The summed E-state index contributed by atoms with van der Waals surface area (Å²) in [7, 11) is 0. The van der Waals surface area contributed by atoms with E-state index in [1.54, 1.807) is 11.0 Å². The van der Waals surface area contributed by atoms with Gasteiger partial charge in [-0.15, -0.1) is 0 Å². The van der Waals surface area contributed by atoms with Crippen molar-refractivity contribution >= 4 is 35.2 Å². The van der Waals surface area contributed by atoms with E-state index in [1.165, 1.54) is 4.90 Å². The number of carbonyl (C=O) groups excluding carboxylic acids is 1. The standard InChI is InChI=1S/C30H31Cl2N3O5/c1-18-14-19(2)33-28(39-17-20-6-4-3-5-7-20)23(18)16-35-13-10-22-24(31)15-25(27(32)26(22)29(35)36)40-21-8-11-34(12-9-21)30(37)38/h3-7,14-15,21H,8-13,16-17H2,1-2H3,(H,37,38). The van der Waals surface area contributed by atoms with Gasteiger partial charge in [0.25, 0.3) is 5.91 Å². The zero-order chi connectivity index (χ0) is 28.4. The zero-order valence-corrected chi connectivity index (χ0v) is 24.0. The Hall–Kier alpha value is -3.49. The molecule has 1 fully saturated rings. The third kappa shape index (κ3) is 5.98. The van der Waals surface area contributed by atoms with Crippen LogP contribution in [-0.2, 0) is 19.6 Å². The van der Waals surface area contributed by atoms with E-state index in [0.29, 0.717) is 79.8 Å². The van der Waals surface area contributed by atoms with Gasteiger partial charge < -0.3 is 24.4 Å². The third-order valence-electron chi connectivity index (χ3n) is 7.43. The smallest absolute Gasteiger partial charge is 0.407 e. The number of halogens is 2. The lowest BCUT2D eigenvalue weighted by molar-refractivity contribution is 0.0720. The Kier molecular flexibility index (Phi) is 8.38. The topological polar surface area (TPSA) is 92.2 Å². The molecule has 40 heavy (non-hydrogen) atoms. The molecule has 0 atom stereocenters. The first-order valence-corrected chi connectivity index (χ1v) is 14.1. The van der Waals surface area contributed by atoms with Crippen molar-refractivity contribution < 1.29 is 24.2 Å². The second-order valence-corrected chi connectivity index (χ2v) is 11.0. The van der Waals surface area contributed by atoms with Crippen LogP contribution in [0.5, 0.6) is 11.6 Å². The van der Waals surface area contributed by atoms with E-state index in [4.69, 9.17) is 32.7 Å². The Morgan fingerprint density at radius 1 is 1.10 bits per heavy atom. The summed E-state index contributed by atoms with van der Waals surface area (Å²) < 4.78 is 12.3. The molecule has 0 unspecified atom stereocenters. The molecule has 2 aliphatic rings. The van der Waals surface area contributed by atoms with Crippen LogP contribution in [0.3, 0.4) is 0 Å². The summed E-state index contributed by atoms with van der Waals surface area (Å²) in [6.07, 6.45) is 0.454. The molecule has 2 aromatic carbocycles. The molecule has 3 aromatic rings. The van der Waals surface area contributed by atoms with Crippen LogP contribution in [-0.4, -0.2) is 57.6 Å². The van der Waals surface area contributed by atoms with Gasteiger partial charge in [0.1, 0.15) is 18.5 Å². The second-order valence-electron chi connectivity index (χ2n) is 10.2. The van der Waals surface area contributed by atoms with Gasteiger partial charge in [0.2, 0.25) is 5.88 Å². The van der Waals surface area contributed by atoms with Crippen molar-refractivity contribution in [1.82, 2.24) is 14.8 Å². The van der Waals surface area contributed by atoms with Crippen LogP contribution in [0.25, 0.3) is 0 Å². The number of aromatic nitrogens is 1. The molecule has 0 saturated carbocycles. The third-order valence-corrected chi connectivity index (χ3v) is 8.14. The number of amides is 2. The number of likely N-dealkylation sites (tertiary alicyclic amines) is 1. The summed E-state index contributed by atoms with van der Waals surface area (Å²) in [6, 6.07) is 13.5. The van der Waals surface area contributed by atoms with Gasteiger partial charge in [-0.05, 0) is 43.0 Å². The van der Waals surface area contributed by atoms with E-state index < -0.39 is 6.09 Å². The molecule has 2 aliphatic heterocycles. The van der Waals surface area contributed by atoms with E-state index in [2.05, 4.69) is 4.98 Å². The lowest BCUT2D eigenvalue weighted by Crippen LogP contribution is -2.41. The number of hydrogen-bond donors (Lipinski definition) is 1. The quantitative estimate of drug-likeness (QED) is 0.350. The van der Waals surface area contributed by atoms with Gasteiger partial charge in [-0.25, -0.2) is 9.78 Å². The number of ether oxygens (including phenoxy) is 2. The van der Waals surface area contributed by atoms with Crippen molar-refractivity contribution in [3.8, 4) is 11.6 Å². The Balaban J connectivity index is 1.36. The number of aryl methyl sites for hydroxylation is 2. The molecule has 1 N–H and O–H groups in total. The van der Waals surface area contributed by atoms with Gasteiger partial charge in [-0.3, -0.25) is 4.79 Å². The van der Waals surface area contributed by atoms with Gasteiger partial charge in [0, 0.05) is 54.8 Å². The highest BCUT2D eigenvalue weighted by Crippen LogP contribution is 2.40. The number of rotatable bonds is 7. The predicted molar refractivity (Wildman–Crippen MR) is 153 cm³/mol. The van der Waals surface area contributed by atoms with Gasteiger partial charge in [-0.1, -0.05) is 53.5 Å². The monoisotopic (exact) mass is 583 g/mol. The summed E-state index contributed by atoms with van der Waals surface area (Å²) in [5.74, 6) is 0.622. The van der Waals surface area contributed by atoms with Crippen LogP contribution in [0.1, 0.15) is 51.1 Å². The van der Waals surface area contributed by atoms with Crippen LogP contribution >= 0.6 is 23.2 Å². The van der Waals surface area contributed by atoms with E-state index in [1.807, 2.05) is 50.2 Å². The van der Waals surface area contributed by atoms with E-state index in [-0.39, 0.29) is 17.0 Å².